The zero-order valence-electron chi connectivity index (χ0n) is 13.5. The molecule has 0 bridgehead atoms. The van der Waals surface area contributed by atoms with Crippen LogP contribution in [0.2, 0.25) is 0 Å². The minimum atomic E-state index is -0.00406. The fourth-order valence-electron chi connectivity index (χ4n) is 2.58. The van der Waals surface area contributed by atoms with Gasteiger partial charge in [0.05, 0.1) is 0 Å². The van der Waals surface area contributed by atoms with Gasteiger partial charge in [-0.3, -0.25) is 9.59 Å². The Kier molecular flexibility index (Phi) is 5.95. The second-order valence-corrected chi connectivity index (χ2v) is 5.63. The molecule has 1 aromatic rings. The molecule has 0 aromatic heterocycles. The Balaban J connectivity index is 1.89. The Morgan fingerprint density at radius 1 is 1.18 bits per heavy atom. The molecule has 0 spiro atoms. The fraction of sp³-hybridized carbons (Fsp3) is 0.529. The summed E-state index contributed by atoms with van der Waals surface area (Å²) in [5.41, 5.74) is 1.82. The number of piperazine rings is 1. The van der Waals surface area contributed by atoms with Gasteiger partial charge in [-0.2, -0.15) is 0 Å². The van der Waals surface area contributed by atoms with Crippen molar-refractivity contribution in [3.63, 3.8) is 0 Å². The topological polar surface area (TPSA) is 52.7 Å². The summed E-state index contributed by atoms with van der Waals surface area (Å²) in [6.07, 6.45) is 0.394. The van der Waals surface area contributed by atoms with E-state index in [0.717, 1.165) is 31.7 Å². The predicted molar refractivity (Wildman–Crippen MR) is 86.8 cm³/mol. The molecule has 0 atom stereocenters. The highest BCUT2D eigenvalue weighted by atomic mass is 16.2. The van der Waals surface area contributed by atoms with Gasteiger partial charge < -0.3 is 15.1 Å². The zero-order chi connectivity index (χ0) is 15.9. The summed E-state index contributed by atoms with van der Waals surface area (Å²) in [7, 11) is 0. The van der Waals surface area contributed by atoms with Crippen LogP contribution in [0.5, 0.6) is 0 Å². The van der Waals surface area contributed by atoms with Gasteiger partial charge in [-0.15, -0.1) is 0 Å². The number of nitrogens with zero attached hydrogens (tertiary/aromatic N) is 2. The fourth-order valence-corrected chi connectivity index (χ4v) is 2.58. The molecule has 0 aliphatic carbocycles. The van der Waals surface area contributed by atoms with Gasteiger partial charge in [0.2, 0.25) is 5.91 Å². The molecule has 0 radical (unpaired) electrons. The summed E-state index contributed by atoms with van der Waals surface area (Å²) in [6, 6.07) is 7.57. The van der Waals surface area contributed by atoms with E-state index in [4.69, 9.17) is 0 Å². The molecular weight excluding hydrogens is 278 g/mol. The predicted octanol–water partition coefficient (Wildman–Crippen LogP) is 1.28. The van der Waals surface area contributed by atoms with Crippen LogP contribution in [0.4, 0.5) is 0 Å². The summed E-state index contributed by atoms with van der Waals surface area (Å²) >= 11 is 0. The molecule has 2 rings (SSSR count). The quantitative estimate of drug-likeness (QED) is 0.891. The number of nitrogens with one attached hydrogen (secondary N) is 1. The Morgan fingerprint density at radius 3 is 2.41 bits per heavy atom. The summed E-state index contributed by atoms with van der Waals surface area (Å²) in [6.45, 7) is 8.26. The van der Waals surface area contributed by atoms with E-state index in [2.05, 4.69) is 5.32 Å². The van der Waals surface area contributed by atoms with Crippen LogP contribution in [0.15, 0.2) is 24.3 Å². The molecule has 5 nitrogen and oxygen atoms in total. The standard InChI is InChI=1S/C17H25N3O2/c1-3-19(17(22)15-6-4-14(2)5-7-15)11-8-16(21)20-12-9-18-10-13-20/h4-7,18H,3,8-13H2,1-2H3. The van der Waals surface area contributed by atoms with Crippen molar-refractivity contribution in [3.05, 3.63) is 35.4 Å². The van der Waals surface area contributed by atoms with E-state index in [-0.39, 0.29) is 11.8 Å². The van der Waals surface area contributed by atoms with Gasteiger partial charge in [-0.1, -0.05) is 17.7 Å². The second kappa shape index (κ2) is 7.94. The molecule has 1 fully saturated rings. The van der Waals surface area contributed by atoms with Gasteiger partial charge in [0.25, 0.3) is 5.91 Å². The third-order valence-electron chi connectivity index (χ3n) is 4.03. The van der Waals surface area contributed by atoms with Crippen molar-refractivity contribution in [2.24, 2.45) is 0 Å². The third-order valence-corrected chi connectivity index (χ3v) is 4.03. The normalized spacial score (nSPS) is 14.7. The van der Waals surface area contributed by atoms with Crippen LogP contribution >= 0.6 is 0 Å². The van der Waals surface area contributed by atoms with Crippen molar-refractivity contribution < 1.29 is 9.59 Å². The van der Waals surface area contributed by atoms with E-state index < -0.39 is 0 Å². The lowest BCUT2D eigenvalue weighted by molar-refractivity contribution is -0.131. The molecule has 1 heterocycles. The molecule has 2 amide bonds. The Hall–Kier alpha value is -1.88. The second-order valence-electron chi connectivity index (χ2n) is 5.63. The molecule has 120 valence electrons. The van der Waals surface area contributed by atoms with Crippen LogP contribution in [0.25, 0.3) is 0 Å². The number of rotatable bonds is 5. The Morgan fingerprint density at radius 2 is 1.82 bits per heavy atom. The lowest BCUT2D eigenvalue weighted by Crippen LogP contribution is -2.47. The lowest BCUT2D eigenvalue weighted by Gasteiger charge is -2.28. The molecule has 1 aliphatic rings. The molecular formula is C17H25N3O2. The monoisotopic (exact) mass is 303 g/mol. The number of carbonyl (C=O) groups excluding carboxylic acids is 2. The highest BCUT2D eigenvalue weighted by Crippen LogP contribution is 2.08. The summed E-state index contributed by atoms with van der Waals surface area (Å²) in [5.74, 6) is 0.132. The highest BCUT2D eigenvalue weighted by Gasteiger charge is 2.19. The highest BCUT2D eigenvalue weighted by molar-refractivity contribution is 5.94. The number of benzene rings is 1. The summed E-state index contributed by atoms with van der Waals surface area (Å²) < 4.78 is 0. The average molecular weight is 303 g/mol. The van der Waals surface area contributed by atoms with Crippen molar-refractivity contribution in [1.82, 2.24) is 15.1 Å². The van der Waals surface area contributed by atoms with Crippen molar-refractivity contribution >= 4 is 11.8 Å². The van der Waals surface area contributed by atoms with Crippen LogP contribution in [-0.4, -0.2) is 60.9 Å². The zero-order valence-corrected chi connectivity index (χ0v) is 13.5. The van der Waals surface area contributed by atoms with E-state index in [1.807, 2.05) is 43.0 Å². The molecule has 0 saturated carbocycles. The maximum atomic E-state index is 12.5. The first kappa shape index (κ1) is 16.5. The third kappa shape index (κ3) is 4.31. The first-order valence-corrected chi connectivity index (χ1v) is 7.96. The Bertz CT molecular complexity index is 507. The van der Waals surface area contributed by atoms with E-state index in [1.165, 1.54) is 0 Å². The van der Waals surface area contributed by atoms with E-state index >= 15 is 0 Å². The van der Waals surface area contributed by atoms with Crippen molar-refractivity contribution in [2.75, 3.05) is 39.3 Å². The number of amides is 2. The SMILES string of the molecule is CCN(CCC(=O)N1CCNCC1)C(=O)c1ccc(C)cc1. The van der Waals surface area contributed by atoms with Gasteiger partial charge in [0, 0.05) is 51.3 Å². The Labute approximate surface area is 132 Å². The largest absolute Gasteiger partial charge is 0.340 e. The first-order chi connectivity index (χ1) is 10.6. The van der Waals surface area contributed by atoms with Gasteiger partial charge in [0.15, 0.2) is 0 Å². The molecule has 1 N–H and O–H groups in total. The van der Waals surface area contributed by atoms with Gasteiger partial charge in [-0.05, 0) is 26.0 Å². The van der Waals surface area contributed by atoms with Crippen molar-refractivity contribution in [2.45, 2.75) is 20.3 Å². The summed E-state index contributed by atoms with van der Waals surface area (Å²) in [4.78, 5) is 28.3. The number of carbonyl (C=O) groups is 2. The van der Waals surface area contributed by atoms with Crippen LogP contribution in [-0.2, 0) is 4.79 Å². The molecule has 5 heteroatoms. The van der Waals surface area contributed by atoms with Crippen LogP contribution in [0.1, 0.15) is 29.3 Å². The maximum absolute atomic E-state index is 12.5. The minimum Gasteiger partial charge on any atom is -0.340 e. The molecule has 1 aromatic carbocycles. The average Bonchev–Trinajstić information content (AvgIpc) is 2.56. The maximum Gasteiger partial charge on any atom is 0.253 e. The van der Waals surface area contributed by atoms with Crippen molar-refractivity contribution in [1.29, 1.82) is 0 Å². The van der Waals surface area contributed by atoms with Gasteiger partial charge >= 0.3 is 0 Å². The van der Waals surface area contributed by atoms with Crippen LogP contribution < -0.4 is 5.32 Å². The lowest BCUT2D eigenvalue weighted by atomic mass is 10.1. The number of hydrogen-bond acceptors (Lipinski definition) is 3. The van der Waals surface area contributed by atoms with Gasteiger partial charge in [-0.25, -0.2) is 0 Å². The minimum absolute atomic E-state index is 0.00406. The van der Waals surface area contributed by atoms with E-state index in [9.17, 15) is 9.59 Å². The smallest absolute Gasteiger partial charge is 0.253 e. The van der Waals surface area contributed by atoms with E-state index in [0.29, 0.717) is 25.1 Å². The van der Waals surface area contributed by atoms with Crippen LogP contribution in [0.3, 0.4) is 0 Å². The van der Waals surface area contributed by atoms with Crippen molar-refractivity contribution in [3.8, 4) is 0 Å². The van der Waals surface area contributed by atoms with Crippen LogP contribution in [0, 0.1) is 6.92 Å². The molecule has 0 unspecified atom stereocenters. The molecule has 1 aliphatic heterocycles. The molecule has 1 saturated heterocycles. The molecule has 22 heavy (non-hydrogen) atoms. The first-order valence-electron chi connectivity index (χ1n) is 7.96. The number of hydrogen-bond donors (Lipinski definition) is 1. The van der Waals surface area contributed by atoms with E-state index in [1.54, 1.807) is 4.90 Å². The number of aryl methyl sites for hydroxylation is 1. The van der Waals surface area contributed by atoms with Gasteiger partial charge in [0.1, 0.15) is 0 Å². The summed E-state index contributed by atoms with van der Waals surface area (Å²) in [5, 5.41) is 3.23.